The molecule has 3 heteroatoms. The normalized spacial score (nSPS) is 21.0. The van der Waals surface area contributed by atoms with Crippen LogP contribution in [0, 0.1) is 0 Å². The molecule has 0 aliphatic heterocycles. The average Bonchev–Trinajstić information content (AvgIpc) is 3.46. The van der Waals surface area contributed by atoms with Crippen LogP contribution in [-0.2, 0) is 21.0 Å². The van der Waals surface area contributed by atoms with Crippen molar-refractivity contribution in [3.63, 3.8) is 0 Å². The first kappa shape index (κ1) is 19.8. The van der Waals surface area contributed by atoms with Crippen molar-refractivity contribution >= 4 is 12.0 Å². The summed E-state index contributed by atoms with van der Waals surface area (Å²) in [6, 6.07) is 12.3. The molecule has 2 aliphatic carbocycles. The average molecular weight is 391 g/mol. The number of aromatic hydroxyl groups is 1. The van der Waals surface area contributed by atoms with Gasteiger partial charge in [0.05, 0.1) is 0 Å². The number of carboxylic acids is 1. The van der Waals surface area contributed by atoms with E-state index in [4.69, 9.17) is 5.11 Å². The van der Waals surface area contributed by atoms with Gasteiger partial charge in [0, 0.05) is 17.1 Å². The van der Waals surface area contributed by atoms with Gasteiger partial charge in [-0.1, -0.05) is 52.0 Å². The van der Waals surface area contributed by atoms with E-state index in [2.05, 4.69) is 45.9 Å². The number of hydrogen-bond acceptors (Lipinski definition) is 2. The second-order valence-corrected chi connectivity index (χ2v) is 10.1. The Labute approximate surface area is 173 Å². The van der Waals surface area contributed by atoms with Gasteiger partial charge in [0.15, 0.2) is 0 Å². The standard InChI is InChI=1S/C26H30O3/c1-24(2)11-12-25(3,4)20-16-18(7-8-19(20)24)26(13-14-26)21-15-17(5-9-22(21)27)6-10-23(28)29/h5-10,15-16,27H,11-14H2,1-4H3,(H,28,29). The van der Waals surface area contributed by atoms with Crippen molar-refractivity contribution in [2.24, 2.45) is 0 Å². The van der Waals surface area contributed by atoms with Crippen LogP contribution in [0.15, 0.2) is 42.5 Å². The Kier molecular flexibility index (Phi) is 4.41. The minimum atomic E-state index is -0.972. The predicted octanol–water partition coefficient (Wildman–Crippen LogP) is 5.92. The number of benzene rings is 2. The monoisotopic (exact) mass is 390 g/mol. The summed E-state index contributed by atoms with van der Waals surface area (Å²) < 4.78 is 0. The molecule has 0 aromatic heterocycles. The Hall–Kier alpha value is -2.55. The zero-order chi connectivity index (χ0) is 21.0. The molecule has 1 saturated carbocycles. The Balaban J connectivity index is 1.80. The van der Waals surface area contributed by atoms with Gasteiger partial charge in [-0.05, 0) is 77.0 Å². The van der Waals surface area contributed by atoms with Gasteiger partial charge in [0.2, 0.25) is 0 Å². The van der Waals surface area contributed by atoms with E-state index >= 15 is 0 Å². The fraction of sp³-hybridized carbons (Fsp3) is 0.423. The third kappa shape index (κ3) is 3.37. The van der Waals surface area contributed by atoms with Crippen molar-refractivity contribution in [1.82, 2.24) is 0 Å². The van der Waals surface area contributed by atoms with Crippen LogP contribution in [0.4, 0.5) is 0 Å². The molecule has 0 amide bonds. The van der Waals surface area contributed by atoms with Gasteiger partial charge in [0.25, 0.3) is 0 Å². The predicted molar refractivity (Wildman–Crippen MR) is 117 cm³/mol. The number of carbonyl (C=O) groups is 1. The minimum Gasteiger partial charge on any atom is -0.508 e. The van der Waals surface area contributed by atoms with E-state index in [0.717, 1.165) is 30.0 Å². The van der Waals surface area contributed by atoms with Crippen molar-refractivity contribution in [3.8, 4) is 5.75 Å². The Morgan fingerprint density at radius 2 is 1.52 bits per heavy atom. The van der Waals surface area contributed by atoms with Crippen molar-refractivity contribution < 1.29 is 15.0 Å². The fourth-order valence-corrected chi connectivity index (χ4v) is 4.93. The number of phenols is 1. The number of aliphatic carboxylic acids is 1. The van der Waals surface area contributed by atoms with E-state index in [1.165, 1.54) is 29.5 Å². The lowest BCUT2D eigenvalue weighted by Crippen LogP contribution is -2.34. The molecule has 4 rings (SSSR count). The molecule has 0 bridgehead atoms. The highest BCUT2D eigenvalue weighted by Crippen LogP contribution is 2.57. The number of rotatable bonds is 4. The highest BCUT2D eigenvalue weighted by Gasteiger charge is 2.48. The second-order valence-electron chi connectivity index (χ2n) is 10.1. The molecule has 0 saturated heterocycles. The maximum atomic E-state index is 10.9. The molecule has 0 spiro atoms. The first-order valence-electron chi connectivity index (χ1n) is 10.5. The molecule has 1 fully saturated rings. The topological polar surface area (TPSA) is 57.5 Å². The molecule has 2 aromatic rings. The molecule has 29 heavy (non-hydrogen) atoms. The van der Waals surface area contributed by atoms with E-state index < -0.39 is 5.97 Å². The van der Waals surface area contributed by atoms with Gasteiger partial charge in [0.1, 0.15) is 5.75 Å². The molecule has 0 unspecified atom stereocenters. The molecular weight excluding hydrogens is 360 g/mol. The first-order chi connectivity index (χ1) is 13.6. The number of hydrogen-bond donors (Lipinski definition) is 2. The zero-order valence-electron chi connectivity index (χ0n) is 17.7. The van der Waals surface area contributed by atoms with Gasteiger partial charge in [-0.3, -0.25) is 0 Å². The zero-order valence-corrected chi connectivity index (χ0v) is 17.7. The van der Waals surface area contributed by atoms with E-state index in [0.29, 0.717) is 0 Å². The minimum absolute atomic E-state index is 0.144. The largest absolute Gasteiger partial charge is 0.508 e. The van der Waals surface area contributed by atoms with Gasteiger partial charge >= 0.3 is 5.97 Å². The number of phenolic OH excluding ortho intramolecular Hbond substituents is 1. The summed E-state index contributed by atoms with van der Waals surface area (Å²) in [6.07, 6.45) is 7.07. The molecule has 0 radical (unpaired) electrons. The third-order valence-corrected chi connectivity index (χ3v) is 7.11. The summed E-state index contributed by atoms with van der Waals surface area (Å²) in [4.78, 5) is 10.9. The van der Waals surface area contributed by atoms with E-state index in [-0.39, 0.29) is 22.0 Å². The Morgan fingerprint density at radius 3 is 2.14 bits per heavy atom. The summed E-state index contributed by atoms with van der Waals surface area (Å²) >= 11 is 0. The maximum absolute atomic E-state index is 10.9. The molecular formula is C26H30O3. The van der Waals surface area contributed by atoms with Crippen LogP contribution in [0.1, 0.15) is 81.2 Å². The highest BCUT2D eigenvalue weighted by molar-refractivity contribution is 5.85. The molecule has 2 aromatic carbocycles. The molecule has 3 nitrogen and oxygen atoms in total. The Bertz CT molecular complexity index is 1010. The van der Waals surface area contributed by atoms with E-state index in [1.54, 1.807) is 18.2 Å². The summed E-state index contributed by atoms with van der Waals surface area (Å²) in [5.74, 6) is -0.687. The second kappa shape index (κ2) is 6.48. The van der Waals surface area contributed by atoms with Crippen LogP contribution >= 0.6 is 0 Å². The van der Waals surface area contributed by atoms with Gasteiger partial charge in [-0.2, -0.15) is 0 Å². The van der Waals surface area contributed by atoms with E-state index in [9.17, 15) is 9.90 Å². The van der Waals surface area contributed by atoms with Crippen molar-refractivity contribution in [2.75, 3.05) is 0 Å². The summed E-state index contributed by atoms with van der Waals surface area (Å²) in [5, 5.41) is 19.5. The van der Waals surface area contributed by atoms with Gasteiger partial charge < -0.3 is 10.2 Å². The molecule has 2 N–H and O–H groups in total. The van der Waals surface area contributed by atoms with Crippen LogP contribution in [0.25, 0.3) is 6.08 Å². The van der Waals surface area contributed by atoms with Crippen LogP contribution in [0.2, 0.25) is 0 Å². The number of fused-ring (bicyclic) bond motifs is 1. The lowest BCUT2D eigenvalue weighted by atomic mass is 9.62. The summed E-state index contributed by atoms with van der Waals surface area (Å²) in [7, 11) is 0. The molecule has 2 aliphatic rings. The smallest absolute Gasteiger partial charge is 0.328 e. The Morgan fingerprint density at radius 1 is 0.862 bits per heavy atom. The summed E-state index contributed by atoms with van der Waals surface area (Å²) in [6.45, 7) is 9.33. The fourth-order valence-electron chi connectivity index (χ4n) is 4.93. The van der Waals surface area contributed by atoms with Crippen LogP contribution in [0.5, 0.6) is 5.75 Å². The molecule has 152 valence electrons. The summed E-state index contributed by atoms with van der Waals surface area (Å²) in [5.41, 5.74) is 5.98. The van der Waals surface area contributed by atoms with Crippen LogP contribution < -0.4 is 0 Å². The number of carboxylic acid groups (broad SMARTS) is 1. The van der Waals surface area contributed by atoms with Crippen molar-refractivity contribution in [2.45, 2.75) is 69.6 Å². The lowest BCUT2D eigenvalue weighted by Gasteiger charge is -2.42. The van der Waals surface area contributed by atoms with E-state index in [1.807, 2.05) is 6.07 Å². The SMILES string of the molecule is CC1(C)CCC(C)(C)c2cc(C3(c4cc(C=CC(=O)O)ccc4O)CC3)ccc21. The quantitative estimate of drug-likeness (QED) is 0.637. The molecule has 0 atom stereocenters. The lowest BCUT2D eigenvalue weighted by molar-refractivity contribution is -0.131. The van der Waals surface area contributed by atoms with Gasteiger partial charge in [-0.15, -0.1) is 0 Å². The highest BCUT2D eigenvalue weighted by atomic mass is 16.4. The van der Waals surface area contributed by atoms with Crippen LogP contribution in [-0.4, -0.2) is 16.2 Å². The van der Waals surface area contributed by atoms with Crippen molar-refractivity contribution in [1.29, 1.82) is 0 Å². The van der Waals surface area contributed by atoms with Crippen LogP contribution in [0.3, 0.4) is 0 Å². The van der Waals surface area contributed by atoms with Gasteiger partial charge in [-0.25, -0.2) is 4.79 Å². The van der Waals surface area contributed by atoms with Crippen molar-refractivity contribution in [3.05, 3.63) is 70.3 Å². The maximum Gasteiger partial charge on any atom is 0.328 e. The first-order valence-corrected chi connectivity index (χ1v) is 10.5. The third-order valence-electron chi connectivity index (χ3n) is 7.11. The molecule has 0 heterocycles.